The van der Waals surface area contributed by atoms with Crippen LogP contribution in [0, 0.1) is 0 Å². The maximum absolute atomic E-state index is 12.0. The summed E-state index contributed by atoms with van der Waals surface area (Å²) in [6, 6.07) is 0.508. The van der Waals surface area contributed by atoms with E-state index in [4.69, 9.17) is 0 Å². The van der Waals surface area contributed by atoms with E-state index in [1.165, 1.54) is 38.5 Å². The van der Waals surface area contributed by atoms with Crippen molar-refractivity contribution in [1.29, 1.82) is 0 Å². The molecule has 1 saturated heterocycles. The summed E-state index contributed by atoms with van der Waals surface area (Å²) in [5.41, 5.74) is 0. The smallest absolute Gasteiger partial charge is 0.214 e. The number of hydrogen-bond donors (Lipinski definition) is 1. The van der Waals surface area contributed by atoms with Crippen LogP contribution < -0.4 is 5.32 Å². The fourth-order valence-corrected chi connectivity index (χ4v) is 4.48. The number of hydrogen-bond acceptors (Lipinski definition) is 3. The molecular weight excluding hydrogens is 284 g/mol. The summed E-state index contributed by atoms with van der Waals surface area (Å²) in [4.78, 5) is 0. The van der Waals surface area contributed by atoms with E-state index >= 15 is 0 Å². The van der Waals surface area contributed by atoms with Crippen LogP contribution in [0.15, 0.2) is 0 Å². The van der Waals surface area contributed by atoms with Crippen molar-refractivity contribution in [3.05, 3.63) is 0 Å². The van der Waals surface area contributed by atoms with Crippen LogP contribution in [-0.2, 0) is 10.0 Å². The summed E-state index contributed by atoms with van der Waals surface area (Å²) in [5.74, 6) is 0.294. The van der Waals surface area contributed by atoms with Crippen LogP contribution in [0.25, 0.3) is 0 Å². The Morgan fingerprint density at radius 3 is 2.19 bits per heavy atom. The zero-order valence-electron chi connectivity index (χ0n) is 13.9. The zero-order chi connectivity index (χ0) is 15.6. The molecule has 0 radical (unpaired) electrons. The lowest BCUT2D eigenvalue weighted by Crippen LogP contribution is -2.45. The van der Waals surface area contributed by atoms with Gasteiger partial charge in [-0.15, -0.1) is 0 Å². The first-order valence-corrected chi connectivity index (χ1v) is 10.4. The summed E-state index contributed by atoms with van der Waals surface area (Å²) >= 11 is 0. The lowest BCUT2D eigenvalue weighted by molar-refractivity contribution is 0.288. The maximum Gasteiger partial charge on any atom is 0.214 e. The number of piperidine rings is 1. The van der Waals surface area contributed by atoms with Crippen molar-refractivity contribution in [1.82, 2.24) is 9.62 Å². The highest BCUT2D eigenvalue weighted by atomic mass is 32.2. The van der Waals surface area contributed by atoms with Crippen LogP contribution in [0.2, 0.25) is 0 Å². The first-order chi connectivity index (χ1) is 10.1. The molecule has 0 aliphatic carbocycles. The second-order valence-electron chi connectivity index (χ2n) is 6.21. The van der Waals surface area contributed by atoms with Gasteiger partial charge >= 0.3 is 0 Å². The second-order valence-corrected chi connectivity index (χ2v) is 8.30. The third-order valence-corrected chi connectivity index (χ3v) is 6.35. The van der Waals surface area contributed by atoms with Crippen molar-refractivity contribution in [2.45, 2.75) is 77.7 Å². The van der Waals surface area contributed by atoms with Crippen molar-refractivity contribution >= 4 is 10.0 Å². The molecule has 21 heavy (non-hydrogen) atoms. The molecule has 0 atom stereocenters. The van der Waals surface area contributed by atoms with Crippen LogP contribution >= 0.6 is 0 Å². The molecule has 0 amide bonds. The van der Waals surface area contributed by atoms with E-state index in [2.05, 4.69) is 12.2 Å². The predicted octanol–water partition coefficient (Wildman–Crippen LogP) is 3.14. The zero-order valence-corrected chi connectivity index (χ0v) is 14.8. The minimum absolute atomic E-state index is 0.294. The lowest BCUT2D eigenvalue weighted by atomic mass is 10.1. The molecule has 1 N–H and O–H groups in total. The molecule has 0 aromatic rings. The van der Waals surface area contributed by atoms with Crippen molar-refractivity contribution in [3.8, 4) is 0 Å². The number of sulfonamides is 1. The molecule has 0 unspecified atom stereocenters. The molecule has 0 saturated carbocycles. The topological polar surface area (TPSA) is 49.4 Å². The summed E-state index contributed by atoms with van der Waals surface area (Å²) in [6.07, 6.45) is 10.6. The Kier molecular flexibility index (Phi) is 9.52. The number of nitrogens with one attached hydrogen (secondary N) is 1. The summed E-state index contributed by atoms with van der Waals surface area (Å²) in [5, 5.41) is 3.59. The van der Waals surface area contributed by atoms with Gasteiger partial charge in [0.25, 0.3) is 0 Å². The normalized spacial score (nSPS) is 18.2. The average molecular weight is 319 g/mol. The Balaban J connectivity index is 2.08. The van der Waals surface area contributed by atoms with E-state index in [1.807, 2.05) is 6.92 Å². The van der Waals surface area contributed by atoms with Gasteiger partial charge in [0.1, 0.15) is 0 Å². The molecular formula is C16H34N2O2S. The van der Waals surface area contributed by atoms with E-state index in [-0.39, 0.29) is 0 Å². The molecule has 0 bridgehead atoms. The summed E-state index contributed by atoms with van der Waals surface area (Å²) in [7, 11) is -2.99. The van der Waals surface area contributed by atoms with E-state index in [0.717, 1.165) is 19.4 Å². The quantitative estimate of drug-likeness (QED) is 0.595. The van der Waals surface area contributed by atoms with Gasteiger partial charge in [-0.3, -0.25) is 0 Å². The van der Waals surface area contributed by atoms with Crippen molar-refractivity contribution in [2.24, 2.45) is 0 Å². The van der Waals surface area contributed by atoms with Crippen molar-refractivity contribution in [2.75, 3.05) is 25.4 Å². The van der Waals surface area contributed by atoms with Gasteiger partial charge in [0.15, 0.2) is 0 Å². The molecule has 1 heterocycles. The second kappa shape index (κ2) is 10.6. The van der Waals surface area contributed by atoms with Crippen molar-refractivity contribution in [3.63, 3.8) is 0 Å². The molecule has 1 fully saturated rings. The van der Waals surface area contributed by atoms with Gasteiger partial charge < -0.3 is 5.32 Å². The molecule has 4 nitrogen and oxygen atoms in total. The van der Waals surface area contributed by atoms with Crippen LogP contribution in [0.1, 0.15) is 71.6 Å². The highest BCUT2D eigenvalue weighted by molar-refractivity contribution is 7.89. The highest BCUT2D eigenvalue weighted by Gasteiger charge is 2.26. The SMILES string of the molecule is CCCCCCCCNC1CCN(S(=O)(=O)CCC)CC1. The molecule has 126 valence electrons. The fourth-order valence-electron chi connectivity index (χ4n) is 2.94. The molecule has 5 heteroatoms. The molecule has 1 aliphatic rings. The van der Waals surface area contributed by atoms with E-state index < -0.39 is 10.0 Å². The average Bonchev–Trinajstić information content (AvgIpc) is 2.47. The Bertz CT molecular complexity index is 349. The van der Waals surface area contributed by atoms with Gasteiger partial charge in [0.2, 0.25) is 10.0 Å². The molecule has 0 aromatic carbocycles. The minimum atomic E-state index is -2.99. The van der Waals surface area contributed by atoms with E-state index in [9.17, 15) is 8.42 Å². The largest absolute Gasteiger partial charge is 0.314 e. The minimum Gasteiger partial charge on any atom is -0.314 e. The molecule has 1 rings (SSSR count). The first-order valence-electron chi connectivity index (χ1n) is 8.81. The lowest BCUT2D eigenvalue weighted by Gasteiger charge is -2.31. The van der Waals surface area contributed by atoms with Crippen LogP contribution in [-0.4, -0.2) is 44.2 Å². The Labute approximate surface area is 131 Å². The third kappa shape index (κ3) is 7.61. The van der Waals surface area contributed by atoms with Gasteiger partial charge in [-0.05, 0) is 32.2 Å². The fraction of sp³-hybridized carbons (Fsp3) is 1.00. The van der Waals surface area contributed by atoms with Gasteiger partial charge in [-0.25, -0.2) is 12.7 Å². The third-order valence-electron chi connectivity index (χ3n) is 4.27. The van der Waals surface area contributed by atoms with Crippen LogP contribution in [0.5, 0.6) is 0 Å². The van der Waals surface area contributed by atoms with E-state index in [0.29, 0.717) is 31.3 Å². The maximum atomic E-state index is 12.0. The number of rotatable bonds is 11. The van der Waals surface area contributed by atoms with E-state index in [1.54, 1.807) is 4.31 Å². The highest BCUT2D eigenvalue weighted by Crippen LogP contribution is 2.15. The van der Waals surface area contributed by atoms with Gasteiger partial charge in [-0.2, -0.15) is 0 Å². The Morgan fingerprint density at radius 1 is 0.952 bits per heavy atom. The Hall–Kier alpha value is -0.130. The van der Waals surface area contributed by atoms with Crippen molar-refractivity contribution < 1.29 is 8.42 Å². The molecule has 0 spiro atoms. The number of unbranched alkanes of at least 4 members (excludes halogenated alkanes) is 5. The first kappa shape index (κ1) is 18.9. The van der Waals surface area contributed by atoms with Crippen LogP contribution in [0.4, 0.5) is 0 Å². The Morgan fingerprint density at radius 2 is 1.57 bits per heavy atom. The van der Waals surface area contributed by atoms with Crippen LogP contribution in [0.3, 0.4) is 0 Å². The van der Waals surface area contributed by atoms with Gasteiger partial charge in [0.05, 0.1) is 5.75 Å². The standard InChI is InChI=1S/C16H34N2O2S/c1-3-5-6-7-8-9-12-17-16-10-13-18(14-11-16)21(19,20)15-4-2/h16-17H,3-15H2,1-2H3. The summed E-state index contributed by atoms with van der Waals surface area (Å²) in [6.45, 7) is 6.63. The summed E-state index contributed by atoms with van der Waals surface area (Å²) < 4.78 is 25.6. The van der Waals surface area contributed by atoms with Gasteiger partial charge in [0, 0.05) is 19.1 Å². The molecule has 0 aromatic heterocycles. The number of nitrogens with zero attached hydrogens (tertiary/aromatic N) is 1. The predicted molar refractivity (Wildman–Crippen MR) is 90.1 cm³/mol. The van der Waals surface area contributed by atoms with Gasteiger partial charge in [-0.1, -0.05) is 46.0 Å². The molecule has 1 aliphatic heterocycles. The monoisotopic (exact) mass is 318 g/mol.